The van der Waals surface area contributed by atoms with E-state index in [4.69, 9.17) is 39.5 Å². The van der Waals surface area contributed by atoms with Gasteiger partial charge in [-0.2, -0.15) is 18.3 Å². The van der Waals surface area contributed by atoms with Crippen LogP contribution in [0, 0.1) is 0 Å². The second kappa shape index (κ2) is 7.43. The number of nitrogens with zero attached hydrogens (tertiary/aromatic N) is 2. The fourth-order valence-electron chi connectivity index (χ4n) is 2.14. The van der Waals surface area contributed by atoms with Gasteiger partial charge in [-0.3, -0.25) is 0 Å². The Kier molecular flexibility index (Phi) is 5.91. The summed E-state index contributed by atoms with van der Waals surface area (Å²) in [5, 5.41) is 3.53. The van der Waals surface area contributed by atoms with Crippen molar-refractivity contribution in [2.75, 3.05) is 6.61 Å². The predicted octanol–water partition coefficient (Wildman–Crippen LogP) is 5.59. The minimum absolute atomic E-state index is 0.0352. The third kappa shape index (κ3) is 3.88. The molecule has 0 amide bonds. The molecule has 10 heteroatoms. The molecule has 0 saturated carbocycles. The maximum absolute atomic E-state index is 12.9. The Bertz CT molecular complexity index is 796. The fraction of sp³-hybridized carbons (Fsp3) is 0.333. The van der Waals surface area contributed by atoms with E-state index in [1.54, 1.807) is 13.8 Å². The Morgan fingerprint density at radius 1 is 1.20 bits per heavy atom. The summed E-state index contributed by atoms with van der Waals surface area (Å²) >= 11 is 18.2. The molecule has 0 bridgehead atoms. The van der Waals surface area contributed by atoms with Crippen molar-refractivity contribution in [3.8, 4) is 5.69 Å². The lowest BCUT2D eigenvalue weighted by molar-refractivity contribution is -0.137. The Morgan fingerprint density at radius 2 is 1.76 bits per heavy atom. The number of carbonyl (C=O) groups is 1. The Morgan fingerprint density at radius 3 is 2.20 bits per heavy atom. The zero-order valence-corrected chi connectivity index (χ0v) is 15.3. The molecular formula is C15H12Cl3F3N2O2. The summed E-state index contributed by atoms with van der Waals surface area (Å²) in [5.41, 5.74) is -0.889. The van der Waals surface area contributed by atoms with Gasteiger partial charge >= 0.3 is 12.1 Å². The largest absolute Gasteiger partial charge is 0.461 e. The molecule has 2 rings (SSSR count). The van der Waals surface area contributed by atoms with Crippen LogP contribution in [0.2, 0.25) is 15.1 Å². The Balaban J connectivity index is 2.72. The highest BCUT2D eigenvalue weighted by Crippen LogP contribution is 2.39. The van der Waals surface area contributed by atoms with Gasteiger partial charge in [0.05, 0.1) is 32.9 Å². The van der Waals surface area contributed by atoms with E-state index in [-0.39, 0.29) is 33.1 Å². The SMILES string of the molecule is CCOC(=O)c1c(Cl)c(CC)nn1-c1c(Cl)cc(C(F)(F)F)cc1Cl. The molecule has 0 aliphatic heterocycles. The van der Waals surface area contributed by atoms with Crippen LogP contribution in [0.1, 0.15) is 35.6 Å². The maximum atomic E-state index is 12.9. The number of aromatic nitrogens is 2. The number of alkyl halides is 3. The average Bonchev–Trinajstić information content (AvgIpc) is 2.82. The van der Waals surface area contributed by atoms with Crippen molar-refractivity contribution in [1.29, 1.82) is 0 Å². The Hall–Kier alpha value is -1.44. The van der Waals surface area contributed by atoms with Crippen LogP contribution in [0.25, 0.3) is 5.69 Å². The summed E-state index contributed by atoms with van der Waals surface area (Å²) in [7, 11) is 0. The van der Waals surface area contributed by atoms with E-state index in [9.17, 15) is 18.0 Å². The summed E-state index contributed by atoms with van der Waals surface area (Å²) in [6, 6.07) is 1.41. The number of esters is 1. The summed E-state index contributed by atoms with van der Waals surface area (Å²) < 4.78 is 44.6. The average molecular weight is 416 g/mol. The molecule has 0 spiro atoms. The van der Waals surface area contributed by atoms with Crippen LogP contribution in [0.5, 0.6) is 0 Å². The fourth-order valence-corrected chi connectivity index (χ4v) is 3.11. The van der Waals surface area contributed by atoms with E-state index in [2.05, 4.69) is 5.10 Å². The summed E-state index contributed by atoms with van der Waals surface area (Å²) in [5.74, 6) is -0.785. The molecule has 1 heterocycles. The normalized spacial score (nSPS) is 11.7. The monoisotopic (exact) mass is 414 g/mol. The van der Waals surface area contributed by atoms with Crippen LogP contribution < -0.4 is 0 Å². The van der Waals surface area contributed by atoms with Crippen LogP contribution in [0.3, 0.4) is 0 Å². The molecular weight excluding hydrogens is 404 g/mol. The van der Waals surface area contributed by atoms with Crippen molar-refractivity contribution in [2.45, 2.75) is 26.4 Å². The zero-order chi connectivity index (χ0) is 18.9. The minimum Gasteiger partial charge on any atom is -0.461 e. The van der Waals surface area contributed by atoms with Gasteiger partial charge in [-0.1, -0.05) is 41.7 Å². The van der Waals surface area contributed by atoms with Crippen LogP contribution in [0.15, 0.2) is 12.1 Å². The molecule has 0 aliphatic rings. The van der Waals surface area contributed by atoms with Crippen LogP contribution in [-0.2, 0) is 17.3 Å². The molecule has 0 radical (unpaired) electrons. The van der Waals surface area contributed by atoms with Crippen molar-refractivity contribution < 1.29 is 22.7 Å². The smallest absolute Gasteiger partial charge is 0.416 e. The molecule has 25 heavy (non-hydrogen) atoms. The summed E-state index contributed by atoms with van der Waals surface area (Å²) in [4.78, 5) is 12.2. The molecule has 0 atom stereocenters. The lowest BCUT2D eigenvalue weighted by Crippen LogP contribution is -2.14. The number of carbonyl (C=O) groups excluding carboxylic acids is 1. The van der Waals surface area contributed by atoms with E-state index in [0.29, 0.717) is 24.2 Å². The van der Waals surface area contributed by atoms with Gasteiger partial charge in [-0.15, -0.1) is 0 Å². The number of hydrogen-bond donors (Lipinski definition) is 0. The number of rotatable bonds is 4. The lowest BCUT2D eigenvalue weighted by atomic mass is 10.2. The first-order valence-corrected chi connectivity index (χ1v) is 8.26. The van der Waals surface area contributed by atoms with Crippen molar-refractivity contribution in [3.05, 3.63) is 44.2 Å². The highest BCUT2D eigenvalue weighted by Gasteiger charge is 2.33. The Labute approximate surface area is 156 Å². The van der Waals surface area contributed by atoms with E-state index < -0.39 is 17.7 Å². The van der Waals surface area contributed by atoms with Crippen molar-refractivity contribution in [2.24, 2.45) is 0 Å². The third-order valence-electron chi connectivity index (χ3n) is 3.25. The zero-order valence-electron chi connectivity index (χ0n) is 13.0. The molecule has 2 aromatic rings. The van der Waals surface area contributed by atoms with Crippen molar-refractivity contribution in [3.63, 3.8) is 0 Å². The molecule has 0 fully saturated rings. The maximum Gasteiger partial charge on any atom is 0.416 e. The van der Waals surface area contributed by atoms with Gasteiger partial charge in [0, 0.05) is 0 Å². The minimum atomic E-state index is -4.62. The summed E-state index contributed by atoms with van der Waals surface area (Å²) in [6.45, 7) is 3.44. The van der Waals surface area contributed by atoms with Gasteiger partial charge in [0.15, 0.2) is 5.69 Å². The van der Waals surface area contributed by atoms with Crippen LogP contribution in [0.4, 0.5) is 13.2 Å². The molecule has 136 valence electrons. The van der Waals surface area contributed by atoms with Crippen LogP contribution >= 0.6 is 34.8 Å². The van der Waals surface area contributed by atoms with Gasteiger partial charge in [-0.25, -0.2) is 9.48 Å². The van der Waals surface area contributed by atoms with Crippen molar-refractivity contribution in [1.82, 2.24) is 9.78 Å². The van der Waals surface area contributed by atoms with Gasteiger partial charge < -0.3 is 4.74 Å². The third-order valence-corrected chi connectivity index (χ3v) is 4.23. The highest BCUT2D eigenvalue weighted by molar-refractivity contribution is 6.38. The van der Waals surface area contributed by atoms with Gasteiger partial charge in [-0.05, 0) is 25.5 Å². The topological polar surface area (TPSA) is 44.1 Å². The molecule has 0 saturated heterocycles. The van der Waals surface area contributed by atoms with Gasteiger partial charge in [0.25, 0.3) is 0 Å². The second-order valence-corrected chi connectivity index (χ2v) is 6.07. The molecule has 0 N–H and O–H groups in total. The van der Waals surface area contributed by atoms with E-state index in [1.165, 1.54) is 0 Å². The lowest BCUT2D eigenvalue weighted by Gasteiger charge is -2.14. The number of hydrogen-bond acceptors (Lipinski definition) is 3. The number of aryl methyl sites for hydroxylation is 1. The predicted molar refractivity (Wildman–Crippen MR) is 88.9 cm³/mol. The number of ether oxygens (including phenoxy) is 1. The van der Waals surface area contributed by atoms with Gasteiger partial charge in [0.2, 0.25) is 0 Å². The van der Waals surface area contributed by atoms with Crippen LogP contribution in [-0.4, -0.2) is 22.4 Å². The molecule has 0 unspecified atom stereocenters. The first kappa shape index (κ1) is 19.9. The summed E-state index contributed by atoms with van der Waals surface area (Å²) in [6.07, 6.45) is -4.24. The first-order chi connectivity index (χ1) is 11.6. The second-order valence-electron chi connectivity index (χ2n) is 4.88. The van der Waals surface area contributed by atoms with Gasteiger partial charge in [0.1, 0.15) is 5.69 Å². The van der Waals surface area contributed by atoms with E-state index in [1.807, 2.05) is 0 Å². The quantitative estimate of drug-likeness (QED) is 0.611. The van der Waals surface area contributed by atoms with E-state index >= 15 is 0 Å². The highest BCUT2D eigenvalue weighted by atomic mass is 35.5. The van der Waals surface area contributed by atoms with Crippen molar-refractivity contribution >= 4 is 40.8 Å². The number of benzene rings is 1. The molecule has 1 aromatic carbocycles. The molecule has 0 aliphatic carbocycles. The standard InChI is InChI=1S/C15H12Cl3F3N2O2/c1-3-10-11(18)13(14(24)25-4-2)23(22-10)12-8(16)5-7(6-9(12)17)15(19,20)21/h5-6H,3-4H2,1-2H3. The molecule has 4 nitrogen and oxygen atoms in total. The first-order valence-electron chi connectivity index (χ1n) is 7.12. The number of halogens is 6. The van der Waals surface area contributed by atoms with E-state index in [0.717, 1.165) is 4.68 Å². The molecule has 1 aromatic heterocycles.